The number of carbonyl (C=O) groups is 2. The van der Waals surface area contributed by atoms with Gasteiger partial charge in [0.15, 0.2) is 0 Å². The van der Waals surface area contributed by atoms with Crippen LogP contribution in [0.3, 0.4) is 0 Å². The summed E-state index contributed by atoms with van der Waals surface area (Å²) in [5.41, 5.74) is 1.70. The van der Waals surface area contributed by atoms with Crippen molar-refractivity contribution in [2.24, 2.45) is 0 Å². The van der Waals surface area contributed by atoms with Crippen molar-refractivity contribution in [2.75, 3.05) is 13.2 Å². The molecular formula is C28H32N2O4. The lowest BCUT2D eigenvalue weighted by Crippen LogP contribution is -2.71. The standard InChI is InChI=1S/C28H32N2O4/c1-3-33-25(31)28(26(32)34-4-2)23(19-13-7-5-8-14-19)22-20-15-9-10-16-21(20)29-24(22)27(30-28)17-11-6-12-18-27/h5,7-10,13-16,23,29-30H,3-4,6,11-12,17-18H2,1-2H3. The van der Waals surface area contributed by atoms with Crippen molar-refractivity contribution >= 4 is 22.8 Å². The summed E-state index contributed by atoms with van der Waals surface area (Å²) in [7, 11) is 0. The lowest BCUT2D eigenvalue weighted by Gasteiger charge is -2.51. The van der Waals surface area contributed by atoms with Gasteiger partial charge in [0.1, 0.15) is 0 Å². The maximum atomic E-state index is 13.9. The van der Waals surface area contributed by atoms with Gasteiger partial charge in [-0.1, -0.05) is 67.8 Å². The van der Waals surface area contributed by atoms with Crippen molar-refractivity contribution < 1.29 is 19.1 Å². The van der Waals surface area contributed by atoms with Crippen molar-refractivity contribution in [3.05, 3.63) is 71.4 Å². The minimum absolute atomic E-state index is 0.177. The Balaban J connectivity index is 1.88. The van der Waals surface area contributed by atoms with E-state index in [0.717, 1.165) is 59.8 Å². The summed E-state index contributed by atoms with van der Waals surface area (Å²) < 4.78 is 11.3. The molecule has 1 aliphatic heterocycles. The van der Waals surface area contributed by atoms with Crippen LogP contribution in [0.1, 0.15) is 68.7 Å². The number of ether oxygens (including phenoxy) is 2. The molecule has 1 saturated carbocycles. The number of H-pyrrole nitrogens is 1. The predicted octanol–water partition coefficient (Wildman–Crippen LogP) is 4.93. The molecule has 6 nitrogen and oxygen atoms in total. The zero-order chi connectivity index (χ0) is 23.8. The fourth-order valence-electron chi connectivity index (χ4n) is 6.07. The van der Waals surface area contributed by atoms with Crippen molar-refractivity contribution in [2.45, 2.75) is 62.9 Å². The highest BCUT2D eigenvalue weighted by molar-refractivity contribution is 6.08. The first-order valence-corrected chi connectivity index (χ1v) is 12.4. The quantitative estimate of drug-likeness (QED) is 0.417. The summed E-state index contributed by atoms with van der Waals surface area (Å²) in [6.45, 7) is 3.89. The lowest BCUT2D eigenvalue weighted by molar-refractivity contribution is -0.170. The Morgan fingerprint density at radius 1 is 0.882 bits per heavy atom. The van der Waals surface area contributed by atoms with Gasteiger partial charge in [-0.2, -0.15) is 0 Å². The second-order valence-electron chi connectivity index (χ2n) is 9.32. The van der Waals surface area contributed by atoms with Gasteiger partial charge in [-0.05, 0) is 43.9 Å². The summed E-state index contributed by atoms with van der Waals surface area (Å²) in [6.07, 6.45) is 4.82. The number of carbonyl (C=O) groups excluding carboxylic acids is 2. The fraction of sp³-hybridized carbons (Fsp3) is 0.429. The molecule has 2 N–H and O–H groups in total. The third-order valence-corrected chi connectivity index (χ3v) is 7.42. The number of benzene rings is 2. The molecule has 1 atom stereocenters. The fourth-order valence-corrected chi connectivity index (χ4v) is 6.07. The van der Waals surface area contributed by atoms with Gasteiger partial charge in [0, 0.05) is 16.6 Å². The molecule has 0 saturated heterocycles. The number of hydrogen-bond donors (Lipinski definition) is 2. The van der Waals surface area contributed by atoms with Gasteiger partial charge < -0.3 is 14.5 Å². The zero-order valence-electron chi connectivity index (χ0n) is 19.9. The summed E-state index contributed by atoms with van der Waals surface area (Å²) in [6, 6.07) is 17.9. The largest absolute Gasteiger partial charge is 0.464 e. The Kier molecular flexibility index (Phi) is 5.94. The normalized spacial score (nSPS) is 20.6. The highest BCUT2D eigenvalue weighted by Crippen LogP contribution is 2.53. The molecule has 0 amide bonds. The summed E-state index contributed by atoms with van der Waals surface area (Å²) in [5.74, 6) is -1.77. The van der Waals surface area contributed by atoms with Gasteiger partial charge in [-0.3, -0.25) is 5.32 Å². The molecule has 0 bridgehead atoms. The molecule has 0 radical (unpaired) electrons. The third-order valence-electron chi connectivity index (χ3n) is 7.42. The van der Waals surface area contributed by atoms with E-state index in [2.05, 4.69) is 22.4 Å². The Morgan fingerprint density at radius 2 is 1.50 bits per heavy atom. The lowest BCUT2D eigenvalue weighted by atomic mass is 9.64. The van der Waals surface area contributed by atoms with E-state index in [4.69, 9.17) is 9.47 Å². The van der Waals surface area contributed by atoms with Crippen LogP contribution in [0.2, 0.25) is 0 Å². The predicted molar refractivity (Wildman–Crippen MR) is 130 cm³/mol. The van der Waals surface area contributed by atoms with Crippen LogP contribution in [0.5, 0.6) is 0 Å². The molecule has 2 aromatic carbocycles. The molecule has 2 aliphatic rings. The molecule has 6 heteroatoms. The molecule has 1 fully saturated rings. The highest BCUT2D eigenvalue weighted by Gasteiger charge is 2.64. The Bertz CT molecular complexity index is 1180. The first kappa shape index (κ1) is 22.7. The highest BCUT2D eigenvalue weighted by atomic mass is 16.6. The maximum absolute atomic E-state index is 13.9. The van der Waals surface area contributed by atoms with Crippen molar-refractivity contribution in [1.29, 1.82) is 0 Å². The van der Waals surface area contributed by atoms with E-state index in [1.807, 2.05) is 42.5 Å². The summed E-state index contributed by atoms with van der Waals surface area (Å²) >= 11 is 0. The number of hydrogen-bond acceptors (Lipinski definition) is 5. The van der Waals surface area contributed by atoms with Gasteiger partial charge >= 0.3 is 11.9 Å². The number of aromatic nitrogens is 1. The molecule has 34 heavy (non-hydrogen) atoms. The van der Waals surface area contributed by atoms with E-state index >= 15 is 0 Å². The number of aromatic amines is 1. The SMILES string of the molecule is CCOC(=O)C1(C(=O)OCC)NC2(CCCCC2)c2[nH]c3ccccc3c2C1c1ccccc1. The second-order valence-corrected chi connectivity index (χ2v) is 9.32. The molecule has 1 aliphatic carbocycles. The van der Waals surface area contributed by atoms with Crippen molar-refractivity contribution in [1.82, 2.24) is 10.3 Å². The number of para-hydroxylation sites is 1. The van der Waals surface area contributed by atoms with Gasteiger partial charge in [-0.15, -0.1) is 0 Å². The van der Waals surface area contributed by atoms with E-state index < -0.39 is 28.9 Å². The minimum atomic E-state index is -1.69. The first-order valence-electron chi connectivity index (χ1n) is 12.4. The van der Waals surface area contributed by atoms with Crippen LogP contribution in [0.4, 0.5) is 0 Å². The van der Waals surface area contributed by atoms with E-state index in [1.54, 1.807) is 13.8 Å². The van der Waals surface area contributed by atoms with E-state index in [9.17, 15) is 9.59 Å². The maximum Gasteiger partial charge on any atom is 0.339 e. The molecule has 3 aromatic rings. The van der Waals surface area contributed by atoms with Gasteiger partial charge in [-0.25, -0.2) is 9.59 Å². The van der Waals surface area contributed by atoms with Crippen molar-refractivity contribution in [3.8, 4) is 0 Å². The second kappa shape index (κ2) is 8.91. The molecule has 178 valence electrons. The summed E-state index contributed by atoms with van der Waals surface area (Å²) in [4.78, 5) is 31.5. The monoisotopic (exact) mass is 460 g/mol. The topological polar surface area (TPSA) is 80.4 Å². The van der Waals surface area contributed by atoms with E-state index in [1.165, 1.54) is 0 Å². The molecule has 2 heterocycles. The molecule has 1 aromatic heterocycles. The number of fused-ring (bicyclic) bond motifs is 4. The third kappa shape index (κ3) is 3.35. The Hall–Kier alpha value is -3.12. The number of esters is 2. The zero-order valence-corrected chi connectivity index (χ0v) is 19.9. The first-order chi connectivity index (χ1) is 16.6. The molecular weight excluding hydrogens is 428 g/mol. The minimum Gasteiger partial charge on any atom is -0.464 e. The number of nitrogens with one attached hydrogen (secondary N) is 2. The van der Waals surface area contributed by atoms with Crippen LogP contribution in [-0.2, 0) is 24.6 Å². The Labute approximate surface area is 200 Å². The van der Waals surface area contributed by atoms with Crippen LogP contribution in [0, 0.1) is 0 Å². The average Bonchev–Trinajstić information content (AvgIpc) is 3.26. The number of rotatable bonds is 5. The van der Waals surface area contributed by atoms with E-state index in [0.29, 0.717) is 0 Å². The molecule has 5 rings (SSSR count). The Morgan fingerprint density at radius 3 is 2.15 bits per heavy atom. The van der Waals surface area contributed by atoms with Crippen molar-refractivity contribution in [3.63, 3.8) is 0 Å². The van der Waals surface area contributed by atoms with Gasteiger partial charge in [0.2, 0.25) is 5.54 Å². The smallest absolute Gasteiger partial charge is 0.339 e. The van der Waals surface area contributed by atoms with Gasteiger partial charge in [0.05, 0.1) is 24.7 Å². The van der Waals surface area contributed by atoms with Crippen LogP contribution >= 0.6 is 0 Å². The summed E-state index contributed by atoms with van der Waals surface area (Å²) in [5, 5.41) is 4.66. The van der Waals surface area contributed by atoms with E-state index in [-0.39, 0.29) is 13.2 Å². The van der Waals surface area contributed by atoms with Gasteiger partial charge in [0.25, 0.3) is 0 Å². The van der Waals surface area contributed by atoms with Crippen LogP contribution in [0.25, 0.3) is 10.9 Å². The average molecular weight is 461 g/mol. The van der Waals surface area contributed by atoms with Crippen LogP contribution in [0.15, 0.2) is 54.6 Å². The van der Waals surface area contributed by atoms with Crippen LogP contribution in [-0.4, -0.2) is 35.7 Å². The van der Waals surface area contributed by atoms with Crippen LogP contribution < -0.4 is 5.32 Å². The molecule has 1 unspecified atom stereocenters. The molecule has 1 spiro atoms.